The molecule has 0 spiro atoms. The van der Waals surface area contributed by atoms with Crippen molar-refractivity contribution in [3.05, 3.63) is 5.69 Å². The van der Waals surface area contributed by atoms with Crippen LogP contribution in [0, 0.1) is 0 Å². The van der Waals surface area contributed by atoms with Crippen molar-refractivity contribution in [1.82, 2.24) is 15.0 Å². The van der Waals surface area contributed by atoms with E-state index in [0.29, 0.717) is 5.92 Å². The third-order valence-electron chi connectivity index (χ3n) is 5.29. The molecule has 0 aromatic carbocycles. The van der Waals surface area contributed by atoms with Crippen LogP contribution in [0.15, 0.2) is 0 Å². The van der Waals surface area contributed by atoms with Crippen LogP contribution in [0.4, 0.5) is 0 Å². The first-order chi connectivity index (χ1) is 10.4. The fraction of sp³-hybridized carbons (Fsp3) is 0.867. The average molecular weight is 305 g/mol. The summed E-state index contributed by atoms with van der Waals surface area (Å²) in [5.74, 6) is 0.504. The summed E-state index contributed by atoms with van der Waals surface area (Å²) in [6, 6.07) is 0. The molecular weight excluding hydrogens is 281 g/mol. The van der Waals surface area contributed by atoms with Gasteiger partial charge in [-0.25, -0.2) is 0 Å². The van der Waals surface area contributed by atoms with Crippen LogP contribution >= 0.6 is 0 Å². The summed E-state index contributed by atoms with van der Waals surface area (Å²) in [6.45, 7) is 9.04. The number of rotatable bonds is 3. The summed E-state index contributed by atoms with van der Waals surface area (Å²) in [6.07, 6.45) is 4.36. The van der Waals surface area contributed by atoms with E-state index in [2.05, 4.69) is 27.7 Å². The van der Waals surface area contributed by atoms with E-state index in [1.54, 1.807) is 4.80 Å². The summed E-state index contributed by atoms with van der Waals surface area (Å²) in [4.78, 5) is 1.74. The highest BCUT2D eigenvalue weighted by Gasteiger charge is 2.54. The van der Waals surface area contributed by atoms with Crippen molar-refractivity contribution in [1.29, 1.82) is 0 Å². The summed E-state index contributed by atoms with van der Waals surface area (Å²) >= 11 is 0. The summed E-state index contributed by atoms with van der Waals surface area (Å²) in [5.41, 5.74) is 1.17. The van der Waals surface area contributed by atoms with E-state index < -0.39 is 7.12 Å². The maximum absolute atomic E-state index is 6.17. The Morgan fingerprint density at radius 1 is 1.05 bits per heavy atom. The molecule has 6 nitrogen and oxygen atoms in total. The predicted octanol–water partition coefficient (Wildman–Crippen LogP) is 1.76. The lowest BCUT2D eigenvalue weighted by molar-refractivity contribution is 0.00578. The van der Waals surface area contributed by atoms with Gasteiger partial charge in [0.15, 0.2) is 6.23 Å². The van der Waals surface area contributed by atoms with Crippen molar-refractivity contribution in [2.75, 3.05) is 6.61 Å². The highest BCUT2D eigenvalue weighted by atomic mass is 16.7. The number of hydrogen-bond acceptors (Lipinski definition) is 5. The molecule has 1 unspecified atom stereocenters. The number of hydrogen-bond donors (Lipinski definition) is 0. The molecule has 7 heteroatoms. The molecule has 0 amide bonds. The molecule has 1 aliphatic carbocycles. The maximum Gasteiger partial charge on any atom is 0.518 e. The van der Waals surface area contributed by atoms with Gasteiger partial charge in [0.05, 0.1) is 16.9 Å². The maximum atomic E-state index is 6.17. The molecule has 3 fully saturated rings. The van der Waals surface area contributed by atoms with Crippen LogP contribution in [0.1, 0.15) is 71.2 Å². The standard InChI is InChI=1S/C15H24BN3O3/c1-14(2)15(3,4)22-16(21-14)13-12(10-7-8-10)17-19(18-13)11-6-5-9-20-11/h10-11H,5-9H2,1-4H3. The van der Waals surface area contributed by atoms with Crippen molar-refractivity contribution in [3.63, 3.8) is 0 Å². The Bertz CT molecular complexity index is 561. The molecule has 0 bridgehead atoms. The second-order valence-electron chi connectivity index (χ2n) is 7.62. The zero-order valence-corrected chi connectivity index (χ0v) is 13.8. The van der Waals surface area contributed by atoms with Gasteiger partial charge in [-0.2, -0.15) is 15.0 Å². The molecule has 0 N–H and O–H groups in total. The fourth-order valence-electron chi connectivity index (χ4n) is 2.99. The molecular formula is C15H24BN3O3. The number of aromatic nitrogens is 3. The Balaban J connectivity index is 1.66. The SMILES string of the molecule is CC1(C)OB(c2nn(C3CCCO3)nc2C2CC2)OC1(C)C. The van der Waals surface area contributed by atoms with E-state index in [1.165, 1.54) is 12.8 Å². The largest absolute Gasteiger partial charge is 0.518 e. The Kier molecular flexibility index (Phi) is 3.19. The molecule has 3 aliphatic rings. The first kappa shape index (κ1) is 14.7. The highest BCUT2D eigenvalue weighted by Crippen LogP contribution is 2.41. The molecule has 4 rings (SSSR count). The van der Waals surface area contributed by atoms with Crippen molar-refractivity contribution >= 4 is 12.7 Å². The average Bonchev–Trinajstić information content (AvgIpc) is 2.89. The molecule has 3 heterocycles. The van der Waals surface area contributed by atoms with Crippen LogP contribution in [-0.4, -0.2) is 39.9 Å². The first-order valence-corrected chi connectivity index (χ1v) is 8.31. The number of ether oxygens (including phenoxy) is 1. The molecule has 1 aromatic heterocycles. The monoisotopic (exact) mass is 305 g/mol. The zero-order chi connectivity index (χ0) is 15.5. The Morgan fingerprint density at radius 2 is 1.73 bits per heavy atom. The minimum Gasteiger partial charge on any atom is -0.398 e. The molecule has 0 radical (unpaired) electrons. The zero-order valence-electron chi connectivity index (χ0n) is 13.8. The Labute approximate surface area is 131 Å². The molecule has 1 atom stereocenters. The van der Waals surface area contributed by atoms with Gasteiger partial charge < -0.3 is 14.0 Å². The van der Waals surface area contributed by atoms with Crippen LogP contribution in [0.2, 0.25) is 0 Å². The van der Waals surface area contributed by atoms with E-state index >= 15 is 0 Å². The van der Waals surface area contributed by atoms with Crippen molar-refractivity contribution < 1.29 is 14.0 Å². The minimum absolute atomic E-state index is 0.0336. The number of nitrogens with zero attached hydrogens (tertiary/aromatic N) is 3. The van der Waals surface area contributed by atoms with Gasteiger partial charge in [0.25, 0.3) is 0 Å². The van der Waals surface area contributed by atoms with Gasteiger partial charge >= 0.3 is 7.12 Å². The Morgan fingerprint density at radius 3 is 2.27 bits per heavy atom. The van der Waals surface area contributed by atoms with Gasteiger partial charge in [0, 0.05) is 12.5 Å². The Hall–Kier alpha value is -0.915. The summed E-state index contributed by atoms with van der Waals surface area (Å²) < 4.78 is 18.0. The van der Waals surface area contributed by atoms with Crippen LogP contribution < -0.4 is 5.59 Å². The van der Waals surface area contributed by atoms with Gasteiger partial charge in [-0.1, -0.05) is 0 Å². The second-order valence-corrected chi connectivity index (χ2v) is 7.62. The summed E-state index contributed by atoms with van der Waals surface area (Å²) in [7, 11) is -0.434. The minimum atomic E-state index is -0.434. The third-order valence-corrected chi connectivity index (χ3v) is 5.29. The molecule has 1 saturated carbocycles. The van der Waals surface area contributed by atoms with Crippen LogP contribution in [0.3, 0.4) is 0 Å². The molecule has 2 saturated heterocycles. The van der Waals surface area contributed by atoms with Gasteiger partial charge in [0.1, 0.15) is 5.59 Å². The third kappa shape index (κ3) is 2.30. The van der Waals surface area contributed by atoms with E-state index in [9.17, 15) is 0 Å². The molecule has 1 aromatic rings. The van der Waals surface area contributed by atoms with Gasteiger partial charge in [0.2, 0.25) is 0 Å². The van der Waals surface area contributed by atoms with Crippen LogP contribution in [0.5, 0.6) is 0 Å². The lowest BCUT2D eigenvalue weighted by atomic mass is 9.82. The lowest BCUT2D eigenvalue weighted by Gasteiger charge is -2.32. The predicted molar refractivity (Wildman–Crippen MR) is 81.9 cm³/mol. The highest BCUT2D eigenvalue weighted by molar-refractivity contribution is 6.61. The van der Waals surface area contributed by atoms with E-state index in [1.807, 2.05) is 0 Å². The van der Waals surface area contributed by atoms with Crippen molar-refractivity contribution in [3.8, 4) is 0 Å². The second kappa shape index (κ2) is 4.79. The van der Waals surface area contributed by atoms with E-state index in [4.69, 9.17) is 24.2 Å². The molecule has 120 valence electrons. The smallest absolute Gasteiger partial charge is 0.398 e. The molecule has 2 aliphatic heterocycles. The van der Waals surface area contributed by atoms with Gasteiger partial charge in [-0.15, -0.1) is 0 Å². The van der Waals surface area contributed by atoms with Gasteiger partial charge in [-0.05, 0) is 53.4 Å². The van der Waals surface area contributed by atoms with E-state index in [0.717, 1.165) is 30.7 Å². The van der Waals surface area contributed by atoms with E-state index in [-0.39, 0.29) is 17.4 Å². The topological polar surface area (TPSA) is 58.4 Å². The first-order valence-electron chi connectivity index (χ1n) is 8.31. The molecule has 22 heavy (non-hydrogen) atoms. The van der Waals surface area contributed by atoms with Crippen molar-refractivity contribution in [2.24, 2.45) is 0 Å². The quantitative estimate of drug-likeness (QED) is 0.797. The summed E-state index contributed by atoms with van der Waals surface area (Å²) in [5, 5.41) is 9.41. The lowest BCUT2D eigenvalue weighted by Crippen LogP contribution is -2.41. The normalized spacial score (nSPS) is 30.2. The van der Waals surface area contributed by atoms with Crippen LogP contribution in [-0.2, 0) is 14.0 Å². The van der Waals surface area contributed by atoms with Crippen LogP contribution in [0.25, 0.3) is 0 Å². The van der Waals surface area contributed by atoms with Crippen molar-refractivity contribution in [2.45, 2.75) is 76.7 Å². The van der Waals surface area contributed by atoms with Gasteiger partial charge in [-0.3, -0.25) is 0 Å². The fourth-order valence-corrected chi connectivity index (χ4v) is 2.99.